The molecule has 0 spiro atoms. The van der Waals surface area contributed by atoms with E-state index in [-0.39, 0.29) is 23.7 Å². The third-order valence-corrected chi connectivity index (χ3v) is 5.32. The molecule has 3 aliphatic rings. The Morgan fingerprint density at radius 1 is 1.07 bits per heavy atom. The molecule has 4 rings (SSSR count). The zero-order valence-electron chi connectivity index (χ0n) is 15.1. The van der Waals surface area contributed by atoms with Crippen LogP contribution in [0.1, 0.15) is 26.2 Å². The van der Waals surface area contributed by atoms with Gasteiger partial charge in [0.05, 0.1) is 25.0 Å². The standard InChI is InChI=1S/C20H22N2O5/c1-12(22-19(24)14-5-2-3-6-15(14)20(22)25)18(23)21-13-7-8-16-17(11-13)27-10-4-9-26-16/h2-3,7-8,11-12,14-15H,4-6,9-10H2,1H3,(H,21,23)/t12-,14-,15-/m1/s1. The lowest BCUT2D eigenvalue weighted by atomic mass is 9.85. The molecule has 0 saturated carbocycles. The van der Waals surface area contributed by atoms with E-state index in [1.807, 2.05) is 12.2 Å². The molecule has 1 aliphatic carbocycles. The van der Waals surface area contributed by atoms with E-state index < -0.39 is 11.9 Å². The molecule has 0 aromatic heterocycles. The zero-order chi connectivity index (χ0) is 19.0. The fourth-order valence-corrected chi connectivity index (χ4v) is 3.81. The van der Waals surface area contributed by atoms with E-state index in [4.69, 9.17) is 9.47 Å². The van der Waals surface area contributed by atoms with Crippen molar-refractivity contribution in [1.29, 1.82) is 0 Å². The summed E-state index contributed by atoms with van der Waals surface area (Å²) in [4.78, 5) is 39.1. The van der Waals surface area contributed by atoms with E-state index in [0.717, 1.165) is 11.3 Å². The number of allylic oxidation sites excluding steroid dienone is 2. The van der Waals surface area contributed by atoms with E-state index in [1.54, 1.807) is 25.1 Å². The van der Waals surface area contributed by atoms with Crippen LogP contribution in [-0.2, 0) is 14.4 Å². The number of nitrogens with zero attached hydrogens (tertiary/aromatic N) is 1. The summed E-state index contributed by atoms with van der Waals surface area (Å²) in [5, 5.41) is 2.78. The number of fused-ring (bicyclic) bond motifs is 2. The zero-order valence-corrected chi connectivity index (χ0v) is 15.1. The minimum absolute atomic E-state index is 0.254. The van der Waals surface area contributed by atoms with Gasteiger partial charge in [-0.05, 0) is 31.9 Å². The molecule has 3 amide bonds. The predicted octanol–water partition coefficient (Wildman–Crippen LogP) is 2.13. The summed E-state index contributed by atoms with van der Waals surface area (Å²) in [6.07, 6.45) is 5.77. The van der Waals surface area contributed by atoms with E-state index >= 15 is 0 Å². The first-order valence-corrected chi connectivity index (χ1v) is 9.28. The van der Waals surface area contributed by atoms with Crippen LogP contribution in [0.2, 0.25) is 0 Å². The first-order chi connectivity index (χ1) is 13.1. The van der Waals surface area contributed by atoms with Crippen molar-refractivity contribution >= 4 is 23.4 Å². The van der Waals surface area contributed by atoms with Crippen molar-refractivity contribution < 1.29 is 23.9 Å². The van der Waals surface area contributed by atoms with E-state index in [1.165, 1.54) is 0 Å². The van der Waals surface area contributed by atoms with Gasteiger partial charge >= 0.3 is 0 Å². The Hall–Kier alpha value is -2.83. The number of anilines is 1. The summed E-state index contributed by atoms with van der Waals surface area (Å²) in [5.41, 5.74) is 0.536. The normalized spacial score (nSPS) is 25.0. The fourth-order valence-electron chi connectivity index (χ4n) is 3.81. The van der Waals surface area contributed by atoms with Gasteiger partial charge in [0.1, 0.15) is 6.04 Å². The lowest BCUT2D eigenvalue weighted by Gasteiger charge is -2.22. The van der Waals surface area contributed by atoms with E-state index in [0.29, 0.717) is 43.2 Å². The van der Waals surface area contributed by atoms with Crippen LogP contribution in [0, 0.1) is 11.8 Å². The number of likely N-dealkylation sites (tertiary alicyclic amines) is 1. The molecule has 7 heteroatoms. The third kappa shape index (κ3) is 3.18. The highest BCUT2D eigenvalue weighted by Gasteiger charge is 2.50. The van der Waals surface area contributed by atoms with Crippen molar-refractivity contribution in [3.63, 3.8) is 0 Å². The molecule has 2 heterocycles. The van der Waals surface area contributed by atoms with Crippen molar-refractivity contribution in [2.75, 3.05) is 18.5 Å². The summed E-state index contributed by atoms with van der Waals surface area (Å²) in [6, 6.07) is 4.29. The second-order valence-corrected chi connectivity index (χ2v) is 7.08. The second kappa shape index (κ2) is 7.06. The van der Waals surface area contributed by atoms with Crippen LogP contribution < -0.4 is 14.8 Å². The van der Waals surface area contributed by atoms with Crippen LogP contribution in [-0.4, -0.2) is 41.9 Å². The van der Waals surface area contributed by atoms with Crippen LogP contribution in [0.15, 0.2) is 30.4 Å². The van der Waals surface area contributed by atoms with Gasteiger partial charge in [-0.1, -0.05) is 12.2 Å². The van der Waals surface area contributed by atoms with Gasteiger partial charge in [0, 0.05) is 18.2 Å². The highest BCUT2D eigenvalue weighted by molar-refractivity contribution is 6.10. The number of nitrogens with one attached hydrogen (secondary N) is 1. The van der Waals surface area contributed by atoms with Crippen molar-refractivity contribution in [3.8, 4) is 11.5 Å². The molecule has 1 fully saturated rings. The molecule has 27 heavy (non-hydrogen) atoms. The fraction of sp³-hybridized carbons (Fsp3) is 0.450. The molecule has 7 nitrogen and oxygen atoms in total. The Morgan fingerprint density at radius 3 is 2.37 bits per heavy atom. The molecule has 1 aromatic carbocycles. The van der Waals surface area contributed by atoms with Gasteiger partial charge in [-0.15, -0.1) is 0 Å². The van der Waals surface area contributed by atoms with E-state index in [2.05, 4.69) is 5.32 Å². The number of carbonyl (C=O) groups excluding carboxylic acids is 3. The number of amides is 3. The summed E-state index contributed by atoms with van der Waals surface area (Å²) in [7, 11) is 0. The molecule has 1 aromatic rings. The monoisotopic (exact) mass is 370 g/mol. The largest absolute Gasteiger partial charge is 0.490 e. The van der Waals surface area contributed by atoms with Gasteiger partial charge in [0.15, 0.2) is 11.5 Å². The van der Waals surface area contributed by atoms with Crippen molar-refractivity contribution in [2.24, 2.45) is 11.8 Å². The first kappa shape index (κ1) is 17.6. The Labute approximate surface area is 157 Å². The molecule has 1 saturated heterocycles. The quantitative estimate of drug-likeness (QED) is 0.651. The van der Waals surface area contributed by atoms with Crippen molar-refractivity contribution in [2.45, 2.75) is 32.2 Å². The number of imide groups is 1. The van der Waals surface area contributed by atoms with Crippen LogP contribution in [0.5, 0.6) is 11.5 Å². The van der Waals surface area contributed by atoms with Crippen molar-refractivity contribution in [3.05, 3.63) is 30.4 Å². The summed E-state index contributed by atoms with van der Waals surface area (Å²) < 4.78 is 11.2. The number of benzene rings is 1. The molecule has 2 aliphatic heterocycles. The average molecular weight is 370 g/mol. The maximum absolute atomic E-state index is 12.7. The minimum atomic E-state index is -0.869. The van der Waals surface area contributed by atoms with Gasteiger partial charge in [-0.25, -0.2) is 0 Å². The molecule has 0 radical (unpaired) electrons. The summed E-state index contributed by atoms with van der Waals surface area (Å²) in [6.45, 7) is 2.72. The highest BCUT2D eigenvalue weighted by atomic mass is 16.5. The first-order valence-electron chi connectivity index (χ1n) is 9.28. The van der Waals surface area contributed by atoms with Gasteiger partial charge < -0.3 is 14.8 Å². The maximum atomic E-state index is 12.7. The highest BCUT2D eigenvalue weighted by Crippen LogP contribution is 2.36. The van der Waals surface area contributed by atoms with E-state index in [9.17, 15) is 14.4 Å². The molecular formula is C20H22N2O5. The summed E-state index contributed by atoms with van der Waals surface area (Å²) >= 11 is 0. The number of carbonyl (C=O) groups is 3. The Bertz CT molecular complexity index is 793. The minimum Gasteiger partial charge on any atom is -0.490 e. The SMILES string of the molecule is C[C@H](C(=O)Nc1ccc2c(c1)OCCCO2)N1C(=O)[C@@H]2CC=CC[C@H]2C1=O. The number of hydrogen-bond donors (Lipinski definition) is 1. The molecule has 0 bridgehead atoms. The van der Waals surface area contributed by atoms with Gasteiger partial charge in [0.2, 0.25) is 17.7 Å². The number of hydrogen-bond acceptors (Lipinski definition) is 5. The molecular weight excluding hydrogens is 348 g/mol. The Balaban J connectivity index is 1.48. The molecule has 1 N–H and O–H groups in total. The lowest BCUT2D eigenvalue weighted by molar-refractivity contribution is -0.146. The Kier molecular flexibility index (Phi) is 4.59. The molecule has 142 valence electrons. The number of ether oxygens (including phenoxy) is 2. The molecule has 3 atom stereocenters. The average Bonchev–Trinajstić information content (AvgIpc) is 2.82. The summed E-state index contributed by atoms with van der Waals surface area (Å²) in [5.74, 6) is -0.376. The van der Waals surface area contributed by atoms with Crippen LogP contribution in [0.25, 0.3) is 0 Å². The van der Waals surface area contributed by atoms with Crippen molar-refractivity contribution in [1.82, 2.24) is 4.90 Å². The van der Waals surface area contributed by atoms with Gasteiger partial charge in [0.25, 0.3) is 0 Å². The smallest absolute Gasteiger partial charge is 0.247 e. The number of rotatable bonds is 3. The molecule has 0 unspecified atom stereocenters. The topological polar surface area (TPSA) is 84.9 Å². The maximum Gasteiger partial charge on any atom is 0.247 e. The van der Waals surface area contributed by atoms with Gasteiger partial charge in [-0.3, -0.25) is 19.3 Å². The lowest BCUT2D eigenvalue weighted by Crippen LogP contribution is -2.46. The Morgan fingerprint density at radius 2 is 1.70 bits per heavy atom. The predicted molar refractivity (Wildman–Crippen MR) is 97.3 cm³/mol. The van der Waals surface area contributed by atoms with Crippen LogP contribution in [0.4, 0.5) is 5.69 Å². The van der Waals surface area contributed by atoms with Crippen LogP contribution >= 0.6 is 0 Å². The third-order valence-electron chi connectivity index (χ3n) is 5.32. The van der Waals surface area contributed by atoms with Gasteiger partial charge in [-0.2, -0.15) is 0 Å². The second-order valence-electron chi connectivity index (χ2n) is 7.08. The van der Waals surface area contributed by atoms with Crippen LogP contribution in [0.3, 0.4) is 0 Å².